The summed E-state index contributed by atoms with van der Waals surface area (Å²) < 4.78 is 84.2. The Morgan fingerprint density at radius 2 is 1.47 bits per heavy atom. The first-order valence-electron chi connectivity index (χ1n) is 9.49. The fourth-order valence-electron chi connectivity index (χ4n) is 2.94. The second kappa shape index (κ2) is 9.81. The molecule has 3 amide bonds. The Balaban J connectivity index is 1.90. The van der Waals surface area contributed by atoms with E-state index in [4.69, 9.17) is 4.74 Å². The van der Waals surface area contributed by atoms with Crippen molar-refractivity contribution in [2.75, 3.05) is 0 Å². The number of ether oxygens (including phenoxy) is 1. The van der Waals surface area contributed by atoms with Crippen LogP contribution in [0.2, 0.25) is 0 Å². The van der Waals surface area contributed by atoms with E-state index in [0.717, 1.165) is 24.4 Å². The van der Waals surface area contributed by atoms with E-state index in [2.05, 4.69) is 10.3 Å². The first-order chi connectivity index (χ1) is 15.9. The summed E-state index contributed by atoms with van der Waals surface area (Å²) in [5, 5.41) is 3.93. The Bertz CT molecular complexity index is 1150. The van der Waals surface area contributed by atoms with Gasteiger partial charge in [0.05, 0.1) is 22.9 Å². The van der Waals surface area contributed by atoms with Gasteiger partial charge in [0.15, 0.2) is 0 Å². The molecule has 0 radical (unpaired) electrons. The monoisotopic (exact) mass is 483 g/mol. The van der Waals surface area contributed by atoms with Gasteiger partial charge < -0.3 is 10.1 Å². The third-order valence-corrected chi connectivity index (χ3v) is 4.43. The molecule has 2 aromatic carbocycles. The van der Waals surface area contributed by atoms with Gasteiger partial charge >= 0.3 is 24.5 Å². The van der Waals surface area contributed by atoms with Crippen molar-refractivity contribution in [3.8, 4) is 5.75 Å². The summed E-state index contributed by atoms with van der Waals surface area (Å²) in [5.74, 6) is 0.0937. The van der Waals surface area contributed by atoms with Gasteiger partial charge in [-0.25, -0.2) is 14.9 Å². The van der Waals surface area contributed by atoms with Crippen molar-refractivity contribution in [1.29, 1.82) is 0 Å². The van der Waals surface area contributed by atoms with Crippen LogP contribution in [0.15, 0.2) is 72.9 Å². The van der Waals surface area contributed by atoms with Gasteiger partial charge in [-0.15, -0.1) is 0 Å². The molecule has 12 heteroatoms. The van der Waals surface area contributed by atoms with Crippen LogP contribution in [0.3, 0.4) is 0 Å². The van der Waals surface area contributed by atoms with Crippen LogP contribution in [-0.2, 0) is 12.4 Å². The number of halogens is 6. The highest BCUT2D eigenvalue weighted by Gasteiger charge is 2.37. The number of nitrogens with zero attached hydrogens (tertiary/aromatic N) is 1. The molecule has 2 N–H and O–H groups in total. The number of pyridine rings is 1. The summed E-state index contributed by atoms with van der Waals surface area (Å²) in [6, 6.07) is 9.56. The summed E-state index contributed by atoms with van der Waals surface area (Å²) >= 11 is 0. The van der Waals surface area contributed by atoms with Gasteiger partial charge in [-0.2, -0.15) is 26.3 Å². The molecule has 0 aliphatic carbocycles. The molecule has 0 aliphatic heterocycles. The van der Waals surface area contributed by atoms with E-state index < -0.39 is 47.3 Å². The van der Waals surface area contributed by atoms with Crippen LogP contribution in [0, 0.1) is 0 Å². The molecule has 0 bridgehead atoms. The summed E-state index contributed by atoms with van der Waals surface area (Å²) in [6.45, 7) is 0. The lowest BCUT2D eigenvalue weighted by atomic mass is 9.98. The first kappa shape index (κ1) is 24.6. The zero-order valence-corrected chi connectivity index (χ0v) is 16.9. The van der Waals surface area contributed by atoms with Crippen molar-refractivity contribution >= 4 is 12.1 Å². The maximum Gasteiger partial charge on any atom is 0.420 e. The minimum absolute atomic E-state index is 0.0937. The fourth-order valence-corrected chi connectivity index (χ4v) is 2.94. The van der Waals surface area contributed by atoms with Gasteiger partial charge in [0, 0.05) is 6.20 Å². The molecule has 0 spiro atoms. The van der Waals surface area contributed by atoms with Gasteiger partial charge in [0.2, 0.25) is 0 Å². The number of carbonyl (C=O) groups excluding carboxylic acids is 2. The summed E-state index contributed by atoms with van der Waals surface area (Å²) in [4.78, 5) is 28.0. The SMILES string of the molecule is O=C(NC(=O)Oc1ccccc1)N[C@@H](c1ccc(C(F)(F)F)cc1)c1ncccc1C(F)(F)F. The van der Waals surface area contributed by atoms with Crippen LogP contribution in [0.4, 0.5) is 35.9 Å². The minimum Gasteiger partial charge on any atom is -0.410 e. The van der Waals surface area contributed by atoms with Gasteiger partial charge in [-0.3, -0.25) is 4.98 Å². The average molecular weight is 483 g/mol. The number of alkyl halides is 6. The van der Waals surface area contributed by atoms with Crippen molar-refractivity contribution in [3.05, 3.63) is 95.3 Å². The van der Waals surface area contributed by atoms with E-state index in [-0.39, 0.29) is 11.3 Å². The highest BCUT2D eigenvalue weighted by molar-refractivity contribution is 5.91. The van der Waals surface area contributed by atoms with Crippen molar-refractivity contribution in [2.24, 2.45) is 0 Å². The summed E-state index contributed by atoms with van der Waals surface area (Å²) in [6.07, 6.45) is -9.75. The van der Waals surface area contributed by atoms with Crippen LogP contribution in [-0.4, -0.2) is 17.1 Å². The smallest absolute Gasteiger partial charge is 0.410 e. The maximum atomic E-state index is 13.5. The highest BCUT2D eigenvalue weighted by Crippen LogP contribution is 2.36. The predicted octanol–water partition coefficient (Wildman–Crippen LogP) is 5.71. The van der Waals surface area contributed by atoms with E-state index in [1.54, 1.807) is 23.5 Å². The van der Waals surface area contributed by atoms with Gasteiger partial charge in [-0.1, -0.05) is 30.3 Å². The van der Waals surface area contributed by atoms with Crippen LogP contribution in [0.25, 0.3) is 0 Å². The number of para-hydroxylation sites is 1. The molecule has 6 nitrogen and oxygen atoms in total. The number of nitrogens with one attached hydrogen (secondary N) is 2. The molecule has 0 aliphatic rings. The van der Waals surface area contributed by atoms with Gasteiger partial charge in [-0.05, 0) is 42.0 Å². The normalized spacial score (nSPS) is 12.5. The largest absolute Gasteiger partial charge is 0.420 e. The number of amides is 3. The van der Waals surface area contributed by atoms with Gasteiger partial charge in [0.25, 0.3) is 0 Å². The van der Waals surface area contributed by atoms with Crippen molar-refractivity contribution in [1.82, 2.24) is 15.6 Å². The third-order valence-electron chi connectivity index (χ3n) is 4.43. The minimum atomic E-state index is -4.88. The second-order valence-electron chi connectivity index (χ2n) is 6.79. The molecule has 1 atom stereocenters. The third kappa shape index (κ3) is 6.24. The average Bonchev–Trinajstić information content (AvgIpc) is 2.77. The molecule has 3 rings (SSSR count). The number of hydrogen-bond donors (Lipinski definition) is 2. The standard InChI is InChI=1S/C22H15F6N3O3/c23-21(24,25)14-10-8-13(9-11-14)17(18-16(22(26,27)28)7-4-12-29-18)30-19(32)31-20(33)34-15-5-2-1-3-6-15/h1-12,17H,(H2,30,31,32,33)/t17-/m0/s1. The molecule has 3 aromatic rings. The van der Waals surface area contributed by atoms with Crippen LogP contribution in [0.5, 0.6) is 5.75 Å². The van der Waals surface area contributed by atoms with E-state index in [9.17, 15) is 35.9 Å². The van der Waals surface area contributed by atoms with E-state index in [0.29, 0.717) is 18.2 Å². The van der Waals surface area contributed by atoms with E-state index in [1.165, 1.54) is 12.1 Å². The van der Waals surface area contributed by atoms with E-state index in [1.807, 2.05) is 0 Å². The summed E-state index contributed by atoms with van der Waals surface area (Å²) in [5.41, 5.74) is -3.07. The number of aromatic nitrogens is 1. The lowest BCUT2D eigenvalue weighted by molar-refractivity contribution is -0.139. The molecule has 0 saturated carbocycles. The lowest BCUT2D eigenvalue weighted by Gasteiger charge is -2.22. The Morgan fingerprint density at radius 3 is 2.06 bits per heavy atom. The Morgan fingerprint density at radius 1 is 0.824 bits per heavy atom. The molecule has 0 unspecified atom stereocenters. The number of benzene rings is 2. The summed E-state index contributed by atoms with van der Waals surface area (Å²) in [7, 11) is 0. The second-order valence-corrected chi connectivity index (χ2v) is 6.79. The molecule has 0 fully saturated rings. The number of rotatable bonds is 4. The molecule has 1 aromatic heterocycles. The Kier molecular flexibility index (Phi) is 7.08. The molecule has 34 heavy (non-hydrogen) atoms. The zero-order valence-electron chi connectivity index (χ0n) is 16.9. The molecule has 1 heterocycles. The Hall–Kier alpha value is -4.09. The number of imide groups is 1. The highest BCUT2D eigenvalue weighted by atomic mass is 19.4. The van der Waals surface area contributed by atoms with Crippen LogP contribution in [0.1, 0.15) is 28.4 Å². The molecule has 0 saturated heterocycles. The predicted molar refractivity (Wildman–Crippen MR) is 107 cm³/mol. The quantitative estimate of drug-likeness (QED) is 0.466. The lowest BCUT2D eigenvalue weighted by Crippen LogP contribution is -2.43. The van der Waals surface area contributed by atoms with E-state index >= 15 is 0 Å². The van der Waals surface area contributed by atoms with Crippen LogP contribution >= 0.6 is 0 Å². The molecular formula is C22H15F6N3O3. The number of urea groups is 1. The number of hydrogen-bond acceptors (Lipinski definition) is 4. The first-order valence-corrected chi connectivity index (χ1v) is 9.49. The number of carbonyl (C=O) groups is 2. The zero-order chi connectivity index (χ0) is 24.9. The van der Waals surface area contributed by atoms with Crippen molar-refractivity contribution < 1.29 is 40.7 Å². The van der Waals surface area contributed by atoms with Gasteiger partial charge in [0.1, 0.15) is 5.75 Å². The fraction of sp³-hybridized carbons (Fsp3) is 0.136. The Labute approximate surface area is 188 Å². The molecule has 178 valence electrons. The van der Waals surface area contributed by atoms with Crippen molar-refractivity contribution in [3.63, 3.8) is 0 Å². The topological polar surface area (TPSA) is 80.3 Å². The van der Waals surface area contributed by atoms with Crippen LogP contribution < -0.4 is 15.4 Å². The van der Waals surface area contributed by atoms with Crippen molar-refractivity contribution in [2.45, 2.75) is 18.4 Å². The molecular weight excluding hydrogens is 468 g/mol. The maximum absolute atomic E-state index is 13.5.